The van der Waals surface area contributed by atoms with Crippen molar-refractivity contribution in [2.24, 2.45) is 0 Å². The second-order valence-electron chi connectivity index (χ2n) is 4.42. The van der Waals surface area contributed by atoms with Gasteiger partial charge in [0, 0.05) is 5.56 Å². The van der Waals surface area contributed by atoms with E-state index in [0.29, 0.717) is 12.2 Å². The number of ether oxygens (including phenoxy) is 2. The average Bonchev–Trinajstić information content (AvgIpc) is 2.53. The molecule has 0 saturated carbocycles. The van der Waals surface area contributed by atoms with E-state index in [0.717, 1.165) is 23.5 Å². The van der Waals surface area contributed by atoms with Gasteiger partial charge < -0.3 is 9.47 Å². The van der Waals surface area contributed by atoms with Gasteiger partial charge in [0.15, 0.2) is 0 Å². The van der Waals surface area contributed by atoms with Gasteiger partial charge in [-0.25, -0.2) is 0 Å². The predicted molar refractivity (Wildman–Crippen MR) is 77.9 cm³/mol. The molecule has 2 aromatic carbocycles. The van der Waals surface area contributed by atoms with Crippen LogP contribution in [0.2, 0.25) is 0 Å². The quantitative estimate of drug-likeness (QED) is 0.829. The lowest BCUT2D eigenvalue weighted by atomic mass is 10.1. The van der Waals surface area contributed by atoms with Crippen molar-refractivity contribution in [3.05, 3.63) is 59.2 Å². The monoisotopic (exact) mass is 267 g/mol. The van der Waals surface area contributed by atoms with Crippen molar-refractivity contribution < 1.29 is 9.47 Å². The first-order chi connectivity index (χ1) is 9.76. The smallest absolute Gasteiger partial charge is 0.125 e. The molecule has 0 radical (unpaired) electrons. The van der Waals surface area contributed by atoms with E-state index in [9.17, 15) is 0 Å². The zero-order valence-corrected chi connectivity index (χ0v) is 11.7. The summed E-state index contributed by atoms with van der Waals surface area (Å²) in [7, 11) is 1.61. The highest BCUT2D eigenvalue weighted by molar-refractivity contribution is 5.42. The van der Waals surface area contributed by atoms with Gasteiger partial charge in [-0.1, -0.05) is 19.1 Å². The van der Waals surface area contributed by atoms with E-state index in [1.807, 2.05) is 12.1 Å². The normalized spacial score (nSPS) is 9.85. The van der Waals surface area contributed by atoms with Gasteiger partial charge in [0.25, 0.3) is 0 Å². The molecule has 3 heteroatoms. The Morgan fingerprint density at radius 2 is 1.85 bits per heavy atom. The minimum absolute atomic E-state index is 0.379. The van der Waals surface area contributed by atoms with Crippen LogP contribution in [-0.4, -0.2) is 7.11 Å². The maximum absolute atomic E-state index is 8.94. The Morgan fingerprint density at radius 3 is 2.45 bits per heavy atom. The van der Waals surface area contributed by atoms with E-state index in [4.69, 9.17) is 14.7 Å². The summed E-state index contributed by atoms with van der Waals surface area (Å²) in [5, 5.41) is 8.94. The molecule has 20 heavy (non-hydrogen) atoms. The Balaban J connectivity index is 2.11. The molecule has 0 bridgehead atoms. The molecule has 0 spiro atoms. The van der Waals surface area contributed by atoms with Crippen molar-refractivity contribution in [2.45, 2.75) is 20.0 Å². The molecule has 0 aromatic heterocycles. The number of aryl methyl sites for hydroxylation is 1. The van der Waals surface area contributed by atoms with Gasteiger partial charge in [-0.2, -0.15) is 5.26 Å². The summed E-state index contributed by atoms with van der Waals surface area (Å²) in [5.74, 6) is 1.54. The third-order valence-electron chi connectivity index (χ3n) is 3.14. The topological polar surface area (TPSA) is 42.2 Å². The van der Waals surface area contributed by atoms with Crippen LogP contribution >= 0.6 is 0 Å². The lowest BCUT2D eigenvalue weighted by Crippen LogP contribution is -1.99. The van der Waals surface area contributed by atoms with E-state index >= 15 is 0 Å². The van der Waals surface area contributed by atoms with Crippen LogP contribution in [0.4, 0.5) is 0 Å². The Labute approximate surface area is 119 Å². The van der Waals surface area contributed by atoms with Crippen LogP contribution in [0.5, 0.6) is 11.5 Å². The molecule has 2 aromatic rings. The van der Waals surface area contributed by atoms with Crippen LogP contribution in [-0.2, 0) is 13.0 Å². The second kappa shape index (κ2) is 6.63. The minimum Gasteiger partial charge on any atom is -0.496 e. The molecule has 0 N–H and O–H groups in total. The fourth-order valence-corrected chi connectivity index (χ4v) is 1.94. The number of benzene rings is 2. The second-order valence-corrected chi connectivity index (χ2v) is 4.42. The van der Waals surface area contributed by atoms with E-state index < -0.39 is 0 Å². The van der Waals surface area contributed by atoms with Crippen LogP contribution in [0.1, 0.15) is 23.6 Å². The van der Waals surface area contributed by atoms with E-state index in [1.54, 1.807) is 25.3 Å². The van der Waals surface area contributed by atoms with Crippen molar-refractivity contribution in [1.82, 2.24) is 0 Å². The maximum Gasteiger partial charge on any atom is 0.125 e. The van der Waals surface area contributed by atoms with Crippen molar-refractivity contribution in [2.75, 3.05) is 7.11 Å². The summed E-state index contributed by atoms with van der Waals surface area (Å²) < 4.78 is 11.0. The van der Waals surface area contributed by atoms with Gasteiger partial charge in [0.2, 0.25) is 0 Å². The van der Waals surface area contributed by atoms with E-state index in [1.165, 1.54) is 5.56 Å². The SMILES string of the molecule is CCc1ccc(OCc2cc(C#N)ccc2OC)cc1. The van der Waals surface area contributed by atoms with Gasteiger partial charge >= 0.3 is 0 Å². The summed E-state index contributed by atoms with van der Waals surface area (Å²) in [6.45, 7) is 2.50. The first-order valence-corrected chi connectivity index (χ1v) is 6.55. The largest absolute Gasteiger partial charge is 0.496 e. The van der Waals surface area contributed by atoms with Crippen molar-refractivity contribution in [3.8, 4) is 17.6 Å². The molecular formula is C17H17NO2. The highest BCUT2D eigenvalue weighted by atomic mass is 16.5. The molecule has 0 fully saturated rings. The highest BCUT2D eigenvalue weighted by Crippen LogP contribution is 2.22. The molecule has 0 heterocycles. The maximum atomic E-state index is 8.94. The summed E-state index contributed by atoms with van der Waals surface area (Å²) in [5.41, 5.74) is 2.75. The average molecular weight is 267 g/mol. The van der Waals surface area contributed by atoms with E-state index in [2.05, 4.69) is 25.1 Å². The first kappa shape index (κ1) is 14.0. The Morgan fingerprint density at radius 1 is 1.10 bits per heavy atom. The number of hydrogen-bond donors (Lipinski definition) is 0. The summed E-state index contributed by atoms with van der Waals surface area (Å²) in [6.07, 6.45) is 1.01. The fourth-order valence-electron chi connectivity index (χ4n) is 1.94. The van der Waals surface area contributed by atoms with Crippen molar-refractivity contribution >= 4 is 0 Å². The summed E-state index contributed by atoms with van der Waals surface area (Å²) in [6, 6.07) is 15.5. The van der Waals surface area contributed by atoms with Crippen LogP contribution < -0.4 is 9.47 Å². The van der Waals surface area contributed by atoms with Gasteiger partial charge in [-0.15, -0.1) is 0 Å². The summed E-state index contributed by atoms with van der Waals surface area (Å²) in [4.78, 5) is 0. The van der Waals surface area contributed by atoms with Gasteiger partial charge in [-0.05, 0) is 42.3 Å². The molecular weight excluding hydrogens is 250 g/mol. The molecule has 0 saturated heterocycles. The van der Waals surface area contributed by atoms with Crippen LogP contribution in [0, 0.1) is 11.3 Å². The van der Waals surface area contributed by atoms with Crippen molar-refractivity contribution in [1.29, 1.82) is 5.26 Å². The highest BCUT2D eigenvalue weighted by Gasteiger charge is 2.05. The lowest BCUT2D eigenvalue weighted by molar-refractivity contribution is 0.296. The molecule has 0 unspecified atom stereocenters. The van der Waals surface area contributed by atoms with Gasteiger partial charge in [0.1, 0.15) is 18.1 Å². The Bertz CT molecular complexity index is 612. The molecule has 0 amide bonds. The lowest BCUT2D eigenvalue weighted by Gasteiger charge is -2.11. The minimum atomic E-state index is 0.379. The molecule has 0 aliphatic rings. The number of hydrogen-bond acceptors (Lipinski definition) is 3. The molecule has 102 valence electrons. The zero-order chi connectivity index (χ0) is 14.4. The van der Waals surface area contributed by atoms with Crippen molar-refractivity contribution in [3.63, 3.8) is 0 Å². The zero-order valence-electron chi connectivity index (χ0n) is 11.7. The molecule has 0 aliphatic heterocycles. The molecule has 3 nitrogen and oxygen atoms in total. The van der Waals surface area contributed by atoms with Crippen LogP contribution in [0.15, 0.2) is 42.5 Å². The molecule has 2 rings (SSSR count). The van der Waals surface area contributed by atoms with Gasteiger partial charge in [0.05, 0.1) is 18.7 Å². The first-order valence-electron chi connectivity index (χ1n) is 6.55. The van der Waals surface area contributed by atoms with E-state index in [-0.39, 0.29) is 0 Å². The Kier molecular flexibility index (Phi) is 4.62. The third-order valence-corrected chi connectivity index (χ3v) is 3.14. The molecule has 0 aliphatic carbocycles. The third kappa shape index (κ3) is 3.30. The number of nitrogens with zero attached hydrogens (tertiary/aromatic N) is 1. The predicted octanol–water partition coefficient (Wildman–Crippen LogP) is 3.71. The fraction of sp³-hybridized carbons (Fsp3) is 0.235. The number of nitriles is 1. The number of rotatable bonds is 5. The van der Waals surface area contributed by atoms with Gasteiger partial charge in [-0.3, -0.25) is 0 Å². The standard InChI is InChI=1S/C17H17NO2/c1-3-13-4-7-16(8-5-13)20-12-15-10-14(11-18)6-9-17(15)19-2/h4-10H,3,12H2,1-2H3. The summed E-state index contributed by atoms with van der Waals surface area (Å²) >= 11 is 0. The molecule has 0 atom stereocenters. The van der Waals surface area contributed by atoms with Crippen LogP contribution in [0.25, 0.3) is 0 Å². The van der Waals surface area contributed by atoms with Crippen LogP contribution in [0.3, 0.4) is 0 Å². The number of methoxy groups -OCH3 is 1. The Hall–Kier alpha value is -2.47.